The molecule has 0 unspecified atom stereocenters. The first kappa shape index (κ1) is 15.6. The number of amides is 3. The number of nitrogens with zero attached hydrogens (tertiary/aromatic N) is 1. The molecule has 2 aliphatic rings. The van der Waals surface area contributed by atoms with E-state index in [0.29, 0.717) is 32.5 Å². The summed E-state index contributed by atoms with van der Waals surface area (Å²) in [7, 11) is 0. The average Bonchev–Trinajstić information content (AvgIpc) is 3.23. The van der Waals surface area contributed by atoms with Crippen molar-refractivity contribution in [2.75, 3.05) is 19.7 Å². The Morgan fingerprint density at radius 2 is 1.52 bits per heavy atom. The molecule has 0 aromatic heterocycles. The monoisotopic (exact) mass is 297 g/mol. The summed E-state index contributed by atoms with van der Waals surface area (Å²) in [5.41, 5.74) is 0. The van der Waals surface area contributed by atoms with Crippen LogP contribution in [0.2, 0.25) is 0 Å². The van der Waals surface area contributed by atoms with Crippen LogP contribution in [0.1, 0.15) is 39.0 Å². The van der Waals surface area contributed by atoms with Gasteiger partial charge in [0.1, 0.15) is 6.42 Å². The van der Waals surface area contributed by atoms with E-state index in [2.05, 4.69) is 10.6 Å². The molecule has 1 heterocycles. The number of piperidine rings is 1. The van der Waals surface area contributed by atoms with Crippen molar-refractivity contribution >= 4 is 17.9 Å². The summed E-state index contributed by atoms with van der Waals surface area (Å²) in [6.45, 7) is 3.28. The topological polar surface area (TPSA) is 87.7 Å². The lowest BCUT2D eigenvalue weighted by Crippen LogP contribution is -2.47. The van der Waals surface area contributed by atoms with Crippen molar-refractivity contribution in [1.82, 2.24) is 15.5 Å². The van der Waals surface area contributed by atoms with E-state index < -0.39 is 0 Å². The molecule has 7 nitrogen and oxygen atoms in total. The van der Waals surface area contributed by atoms with Gasteiger partial charge in [-0.2, -0.15) is 0 Å². The molecule has 1 saturated heterocycles. The molecule has 2 rings (SSSR count). The molecule has 0 radical (unpaired) electrons. The zero-order valence-electron chi connectivity index (χ0n) is 12.4. The van der Waals surface area contributed by atoms with Crippen LogP contribution in [0.3, 0.4) is 0 Å². The fourth-order valence-electron chi connectivity index (χ4n) is 2.35. The molecule has 3 amide bonds. The summed E-state index contributed by atoms with van der Waals surface area (Å²) in [5.74, 6) is -0.457. The van der Waals surface area contributed by atoms with Crippen LogP contribution in [0.4, 0.5) is 4.79 Å². The normalized spacial score (nSPS) is 19.0. The van der Waals surface area contributed by atoms with Gasteiger partial charge < -0.3 is 20.3 Å². The van der Waals surface area contributed by atoms with Crippen LogP contribution in [0, 0.1) is 0 Å². The van der Waals surface area contributed by atoms with Gasteiger partial charge >= 0.3 is 6.09 Å². The number of likely N-dealkylation sites (tertiary alicyclic amines) is 1. The van der Waals surface area contributed by atoms with Crippen LogP contribution in [0.5, 0.6) is 0 Å². The minimum absolute atomic E-state index is 0.0249. The third-order valence-electron chi connectivity index (χ3n) is 3.65. The molecule has 0 spiro atoms. The highest BCUT2D eigenvalue weighted by Gasteiger charge is 2.26. The van der Waals surface area contributed by atoms with E-state index in [1.54, 1.807) is 11.8 Å². The first-order valence-corrected chi connectivity index (χ1v) is 7.59. The van der Waals surface area contributed by atoms with Crippen molar-refractivity contribution < 1.29 is 19.1 Å². The van der Waals surface area contributed by atoms with Crippen LogP contribution in [-0.4, -0.2) is 54.6 Å². The number of hydrogen-bond donors (Lipinski definition) is 2. The molecule has 0 atom stereocenters. The smallest absolute Gasteiger partial charge is 0.409 e. The molecule has 0 bridgehead atoms. The highest BCUT2D eigenvalue weighted by Crippen LogP contribution is 2.18. The standard InChI is InChI=1S/C14H23N3O4/c1-2-21-14(20)17-7-5-11(6-8-17)16-13(19)9-12(18)15-10-3-4-10/h10-11H,2-9H2,1H3,(H,15,18)(H,16,19). The lowest BCUT2D eigenvalue weighted by atomic mass is 10.1. The maximum atomic E-state index is 11.8. The van der Waals surface area contributed by atoms with Crippen molar-refractivity contribution in [1.29, 1.82) is 0 Å². The van der Waals surface area contributed by atoms with Crippen LogP contribution >= 0.6 is 0 Å². The van der Waals surface area contributed by atoms with Crippen molar-refractivity contribution in [2.24, 2.45) is 0 Å². The summed E-state index contributed by atoms with van der Waals surface area (Å²) >= 11 is 0. The Hall–Kier alpha value is -1.79. The third-order valence-corrected chi connectivity index (χ3v) is 3.65. The largest absolute Gasteiger partial charge is 0.450 e. The lowest BCUT2D eigenvalue weighted by molar-refractivity contribution is -0.129. The Kier molecular flexibility index (Phi) is 5.41. The van der Waals surface area contributed by atoms with E-state index in [9.17, 15) is 14.4 Å². The van der Waals surface area contributed by atoms with Crippen LogP contribution in [0.15, 0.2) is 0 Å². The second-order valence-electron chi connectivity index (χ2n) is 5.55. The maximum absolute atomic E-state index is 11.8. The van der Waals surface area contributed by atoms with Crippen molar-refractivity contribution in [2.45, 2.75) is 51.1 Å². The van der Waals surface area contributed by atoms with Crippen molar-refractivity contribution in [3.8, 4) is 0 Å². The van der Waals surface area contributed by atoms with Crippen LogP contribution < -0.4 is 10.6 Å². The molecule has 0 aromatic carbocycles. The number of carbonyl (C=O) groups excluding carboxylic acids is 3. The van der Waals surface area contributed by atoms with E-state index >= 15 is 0 Å². The van der Waals surface area contributed by atoms with Crippen molar-refractivity contribution in [3.63, 3.8) is 0 Å². The Morgan fingerprint density at radius 3 is 2.00 bits per heavy atom. The predicted molar refractivity (Wildman–Crippen MR) is 75.5 cm³/mol. The minimum atomic E-state index is -0.300. The van der Waals surface area contributed by atoms with Crippen LogP contribution in [-0.2, 0) is 14.3 Å². The molecule has 118 valence electrons. The first-order chi connectivity index (χ1) is 10.1. The van der Waals surface area contributed by atoms with Gasteiger partial charge in [-0.15, -0.1) is 0 Å². The number of ether oxygens (including phenoxy) is 1. The molecule has 7 heteroatoms. The SMILES string of the molecule is CCOC(=O)N1CCC(NC(=O)CC(=O)NC2CC2)CC1. The Labute approximate surface area is 124 Å². The molecular formula is C14H23N3O4. The summed E-state index contributed by atoms with van der Waals surface area (Å²) in [6.07, 6.45) is 2.99. The van der Waals surface area contributed by atoms with Gasteiger partial charge in [-0.25, -0.2) is 4.79 Å². The number of rotatable bonds is 5. The van der Waals surface area contributed by atoms with Gasteiger partial charge in [-0.1, -0.05) is 0 Å². The molecule has 2 N–H and O–H groups in total. The van der Waals surface area contributed by atoms with E-state index in [4.69, 9.17) is 4.74 Å². The lowest BCUT2D eigenvalue weighted by Gasteiger charge is -2.31. The average molecular weight is 297 g/mol. The second kappa shape index (κ2) is 7.28. The number of nitrogens with one attached hydrogen (secondary N) is 2. The fourth-order valence-corrected chi connectivity index (χ4v) is 2.35. The predicted octanol–water partition coefficient (Wildman–Crippen LogP) is 0.392. The van der Waals surface area contributed by atoms with E-state index in [1.807, 2.05) is 0 Å². The summed E-state index contributed by atoms with van der Waals surface area (Å²) in [6, 6.07) is 0.301. The number of carbonyl (C=O) groups is 3. The highest BCUT2D eigenvalue weighted by molar-refractivity contribution is 5.97. The zero-order chi connectivity index (χ0) is 15.2. The summed E-state index contributed by atoms with van der Waals surface area (Å²) < 4.78 is 4.94. The fraction of sp³-hybridized carbons (Fsp3) is 0.786. The third kappa shape index (κ3) is 5.24. The Morgan fingerprint density at radius 1 is 1.00 bits per heavy atom. The van der Waals surface area contributed by atoms with E-state index in [-0.39, 0.29) is 36.4 Å². The molecule has 1 saturated carbocycles. The van der Waals surface area contributed by atoms with Gasteiger partial charge in [-0.3, -0.25) is 9.59 Å². The van der Waals surface area contributed by atoms with Crippen LogP contribution in [0.25, 0.3) is 0 Å². The molecule has 1 aliphatic heterocycles. The van der Waals surface area contributed by atoms with Gasteiger partial charge in [0.25, 0.3) is 0 Å². The van der Waals surface area contributed by atoms with E-state index in [1.165, 1.54) is 0 Å². The summed E-state index contributed by atoms with van der Waals surface area (Å²) in [5, 5.41) is 5.65. The Balaban J connectivity index is 1.64. The molecular weight excluding hydrogens is 274 g/mol. The number of hydrogen-bond acceptors (Lipinski definition) is 4. The van der Waals surface area contributed by atoms with Gasteiger partial charge in [0.15, 0.2) is 0 Å². The van der Waals surface area contributed by atoms with Gasteiger partial charge in [0, 0.05) is 25.2 Å². The first-order valence-electron chi connectivity index (χ1n) is 7.59. The van der Waals surface area contributed by atoms with Gasteiger partial charge in [-0.05, 0) is 32.6 Å². The van der Waals surface area contributed by atoms with Gasteiger partial charge in [0.05, 0.1) is 6.61 Å². The quantitative estimate of drug-likeness (QED) is 0.719. The molecule has 21 heavy (non-hydrogen) atoms. The summed E-state index contributed by atoms with van der Waals surface area (Å²) in [4.78, 5) is 36.5. The minimum Gasteiger partial charge on any atom is -0.450 e. The Bertz CT molecular complexity index is 401. The zero-order valence-corrected chi connectivity index (χ0v) is 12.4. The maximum Gasteiger partial charge on any atom is 0.409 e. The van der Waals surface area contributed by atoms with Crippen molar-refractivity contribution in [3.05, 3.63) is 0 Å². The molecule has 0 aromatic rings. The highest BCUT2D eigenvalue weighted by atomic mass is 16.6. The van der Waals surface area contributed by atoms with E-state index in [0.717, 1.165) is 12.8 Å². The van der Waals surface area contributed by atoms with Gasteiger partial charge in [0.2, 0.25) is 11.8 Å². The second-order valence-corrected chi connectivity index (χ2v) is 5.55. The molecule has 2 fully saturated rings. The molecule has 1 aliphatic carbocycles.